The molecule has 0 fully saturated rings. The predicted octanol–water partition coefficient (Wildman–Crippen LogP) is 3.02. The largest absolute Gasteiger partial charge is 0.465 e. The number of rotatable bonds is 10. The van der Waals surface area contributed by atoms with Crippen LogP contribution >= 0.6 is 0 Å². The molecule has 96 valence electrons. The van der Waals surface area contributed by atoms with Gasteiger partial charge < -0.3 is 10.5 Å². The fourth-order valence-electron chi connectivity index (χ4n) is 1.54. The Hall–Kier alpha value is -0.570. The molecule has 0 saturated heterocycles. The highest BCUT2D eigenvalue weighted by Gasteiger charge is 2.07. The van der Waals surface area contributed by atoms with Crippen LogP contribution in [0.1, 0.15) is 65.2 Å². The maximum atomic E-state index is 11.0. The van der Waals surface area contributed by atoms with Crippen LogP contribution in [-0.4, -0.2) is 18.6 Å². The summed E-state index contributed by atoms with van der Waals surface area (Å²) in [5.74, 6) is -0.289. The lowest BCUT2D eigenvalue weighted by Gasteiger charge is -2.06. The molecule has 0 spiro atoms. The maximum absolute atomic E-state index is 11.0. The Kier molecular flexibility index (Phi) is 10.5. The minimum absolute atomic E-state index is 0.289. The lowest BCUT2D eigenvalue weighted by Crippen LogP contribution is -2.28. The van der Waals surface area contributed by atoms with Crippen LogP contribution in [0.3, 0.4) is 0 Å². The first-order valence-corrected chi connectivity index (χ1v) is 6.60. The van der Waals surface area contributed by atoms with E-state index in [-0.39, 0.29) is 5.97 Å². The molecule has 2 N–H and O–H groups in total. The molecule has 0 aromatic carbocycles. The summed E-state index contributed by atoms with van der Waals surface area (Å²) in [7, 11) is 0. The van der Waals surface area contributed by atoms with E-state index in [2.05, 4.69) is 6.92 Å². The molecule has 16 heavy (non-hydrogen) atoms. The van der Waals surface area contributed by atoms with Crippen molar-refractivity contribution in [2.24, 2.45) is 5.73 Å². The number of carbonyl (C=O) groups is 1. The molecule has 0 aliphatic carbocycles. The number of esters is 1. The summed E-state index contributed by atoms with van der Waals surface area (Å²) in [5.41, 5.74) is 5.37. The van der Waals surface area contributed by atoms with E-state index in [0.717, 1.165) is 12.8 Å². The van der Waals surface area contributed by atoms with Crippen molar-refractivity contribution in [1.29, 1.82) is 0 Å². The smallest absolute Gasteiger partial charge is 0.322 e. The topological polar surface area (TPSA) is 52.3 Å². The molecule has 3 heteroatoms. The van der Waals surface area contributed by atoms with Crippen molar-refractivity contribution in [2.45, 2.75) is 71.3 Å². The maximum Gasteiger partial charge on any atom is 0.322 e. The second-order valence-electron chi connectivity index (χ2n) is 4.43. The molecule has 0 radical (unpaired) electrons. The zero-order valence-corrected chi connectivity index (χ0v) is 10.8. The van der Waals surface area contributed by atoms with Gasteiger partial charge in [-0.2, -0.15) is 0 Å². The summed E-state index contributed by atoms with van der Waals surface area (Å²) in [4.78, 5) is 11.0. The molecule has 0 rings (SSSR count). The lowest BCUT2D eigenvalue weighted by atomic mass is 10.1. The molecule has 0 saturated carbocycles. The average molecular weight is 229 g/mol. The van der Waals surface area contributed by atoms with Crippen LogP contribution in [0, 0.1) is 0 Å². The van der Waals surface area contributed by atoms with Crippen molar-refractivity contribution in [3.05, 3.63) is 0 Å². The molecular weight excluding hydrogens is 202 g/mol. The average Bonchev–Trinajstić information content (AvgIpc) is 2.26. The van der Waals surface area contributed by atoms with Gasteiger partial charge in [-0.3, -0.25) is 4.79 Å². The zero-order chi connectivity index (χ0) is 12.2. The number of hydrogen-bond donors (Lipinski definition) is 1. The highest BCUT2D eigenvalue weighted by atomic mass is 16.5. The minimum atomic E-state index is -0.492. The highest BCUT2D eigenvalue weighted by Crippen LogP contribution is 2.08. The van der Waals surface area contributed by atoms with Crippen molar-refractivity contribution >= 4 is 5.97 Å². The summed E-state index contributed by atoms with van der Waals surface area (Å²) in [6, 6.07) is -0.492. The van der Waals surface area contributed by atoms with Crippen molar-refractivity contribution in [1.82, 2.24) is 0 Å². The van der Waals surface area contributed by atoms with Gasteiger partial charge in [-0.15, -0.1) is 0 Å². The molecule has 1 atom stereocenters. The van der Waals surface area contributed by atoms with Gasteiger partial charge in [0.1, 0.15) is 6.04 Å². The summed E-state index contributed by atoms with van der Waals surface area (Å²) < 4.78 is 4.98. The lowest BCUT2D eigenvalue weighted by molar-refractivity contribution is -0.144. The molecule has 0 heterocycles. The fraction of sp³-hybridized carbons (Fsp3) is 0.923. The van der Waals surface area contributed by atoms with Crippen LogP contribution in [0.5, 0.6) is 0 Å². The number of carbonyl (C=O) groups excluding carboxylic acids is 1. The van der Waals surface area contributed by atoms with Crippen molar-refractivity contribution in [3.8, 4) is 0 Å². The molecule has 0 amide bonds. The number of nitrogens with two attached hydrogens (primary N) is 1. The molecule has 0 aromatic heterocycles. The van der Waals surface area contributed by atoms with Gasteiger partial charge in [0.2, 0.25) is 0 Å². The Balaban J connectivity index is 3.07. The van der Waals surface area contributed by atoms with Gasteiger partial charge in [-0.05, 0) is 13.3 Å². The second kappa shape index (κ2) is 10.9. The van der Waals surface area contributed by atoms with E-state index in [9.17, 15) is 4.79 Å². The molecule has 0 aliphatic rings. The van der Waals surface area contributed by atoms with Crippen molar-refractivity contribution in [2.75, 3.05) is 6.61 Å². The molecule has 0 unspecified atom stereocenters. The highest BCUT2D eigenvalue weighted by molar-refractivity contribution is 5.74. The third kappa shape index (κ3) is 9.97. The monoisotopic (exact) mass is 229 g/mol. The van der Waals surface area contributed by atoms with Crippen LogP contribution in [0.2, 0.25) is 0 Å². The van der Waals surface area contributed by atoms with E-state index in [1.54, 1.807) is 6.92 Å². The molecule has 0 bridgehead atoms. The van der Waals surface area contributed by atoms with E-state index >= 15 is 0 Å². The first-order valence-electron chi connectivity index (χ1n) is 6.60. The predicted molar refractivity (Wildman–Crippen MR) is 67.2 cm³/mol. The van der Waals surface area contributed by atoms with Gasteiger partial charge in [-0.1, -0.05) is 51.9 Å². The molecule has 0 aromatic rings. The third-order valence-electron chi connectivity index (χ3n) is 2.61. The normalized spacial score (nSPS) is 12.4. The zero-order valence-electron chi connectivity index (χ0n) is 10.8. The van der Waals surface area contributed by atoms with E-state index in [4.69, 9.17) is 10.5 Å². The van der Waals surface area contributed by atoms with Crippen LogP contribution in [0.15, 0.2) is 0 Å². The van der Waals surface area contributed by atoms with E-state index < -0.39 is 6.04 Å². The number of unbranched alkanes of at least 4 members (excludes halogenated alkanes) is 7. The van der Waals surface area contributed by atoms with Crippen LogP contribution < -0.4 is 5.73 Å². The quantitative estimate of drug-likeness (QED) is 0.463. The standard InChI is InChI=1S/C13H27NO2/c1-3-4-5-6-7-8-9-10-11-16-13(15)12(2)14/h12H,3-11,14H2,1-2H3/t12-/m1/s1. The molecule has 3 nitrogen and oxygen atoms in total. The van der Waals surface area contributed by atoms with Gasteiger partial charge in [-0.25, -0.2) is 0 Å². The summed E-state index contributed by atoms with van der Waals surface area (Å²) in [6.07, 6.45) is 10.0. The van der Waals surface area contributed by atoms with Crippen LogP contribution in [0.4, 0.5) is 0 Å². The van der Waals surface area contributed by atoms with Gasteiger partial charge >= 0.3 is 5.97 Å². The number of ether oxygens (including phenoxy) is 1. The Morgan fingerprint density at radius 2 is 1.56 bits per heavy atom. The Morgan fingerprint density at radius 3 is 2.06 bits per heavy atom. The Morgan fingerprint density at radius 1 is 1.06 bits per heavy atom. The van der Waals surface area contributed by atoms with E-state index in [1.165, 1.54) is 38.5 Å². The minimum Gasteiger partial charge on any atom is -0.465 e. The van der Waals surface area contributed by atoms with Crippen LogP contribution in [-0.2, 0) is 9.53 Å². The second-order valence-corrected chi connectivity index (χ2v) is 4.43. The van der Waals surface area contributed by atoms with Gasteiger partial charge in [0, 0.05) is 0 Å². The number of hydrogen-bond acceptors (Lipinski definition) is 3. The van der Waals surface area contributed by atoms with Gasteiger partial charge in [0.25, 0.3) is 0 Å². The summed E-state index contributed by atoms with van der Waals surface area (Å²) in [5, 5.41) is 0. The van der Waals surface area contributed by atoms with Gasteiger partial charge in [0.05, 0.1) is 6.61 Å². The van der Waals surface area contributed by atoms with Crippen molar-refractivity contribution < 1.29 is 9.53 Å². The fourth-order valence-corrected chi connectivity index (χ4v) is 1.54. The first kappa shape index (κ1) is 15.4. The Labute approximate surface area is 99.7 Å². The first-order chi connectivity index (χ1) is 7.68. The van der Waals surface area contributed by atoms with E-state index in [0.29, 0.717) is 6.61 Å². The van der Waals surface area contributed by atoms with E-state index in [1.807, 2.05) is 0 Å². The summed E-state index contributed by atoms with van der Waals surface area (Å²) in [6.45, 7) is 4.40. The molecular formula is C13H27NO2. The van der Waals surface area contributed by atoms with Gasteiger partial charge in [0.15, 0.2) is 0 Å². The Bertz CT molecular complexity index is 169. The third-order valence-corrected chi connectivity index (χ3v) is 2.61. The van der Waals surface area contributed by atoms with Crippen molar-refractivity contribution in [3.63, 3.8) is 0 Å². The SMILES string of the molecule is CCCCCCCCCCOC(=O)[C@@H](C)N. The molecule has 0 aliphatic heterocycles. The summed E-state index contributed by atoms with van der Waals surface area (Å²) >= 11 is 0. The van der Waals surface area contributed by atoms with Crippen LogP contribution in [0.25, 0.3) is 0 Å².